The van der Waals surface area contributed by atoms with Crippen LogP contribution >= 0.6 is 0 Å². The number of likely N-dealkylation sites (N-methyl/N-ethyl adjacent to an activating group) is 1. The van der Waals surface area contributed by atoms with Crippen LogP contribution in [0.4, 0.5) is 4.39 Å². The van der Waals surface area contributed by atoms with Gasteiger partial charge < -0.3 is 24.0 Å². The average Bonchev–Trinajstić information content (AvgIpc) is 3.07. The molecule has 0 aliphatic carbocycles. The molecule has 1 aliphatic rings. The van der Waals surface area contributed by atoms with Crippen LogP contribution in [0.25, 0.3) is 22.0 Å². The molecule has 2 aromatic heterocycles. The number of piperazine rings is 1. The maximum Gasteiger partial charge on any atom is 0.261 e. The van der Waals surface area contributed by atoms with E-state index >= 15 is 4.39 Å². The third-order valence-corrected chi connectivity index (χ3v) is 8.40. The van der Waals surface area contributed by atoms with Gasteiger partial charge in [0.2, 0.25) is 0 Å². The molecule has 0 unspecified atom stereocenters. The molecule has 1 aliphatic heterocycles. The number of hydrogen-bond donors (Lipinski definition) is 0. The van der Waals surface area contributed by atoms with Crippen molar-refractivity contribution in [3.63, 3.8) is 0 Å². The SMILES string of the molecule is COc1c(OCCCN2CCN(C)CC2)ccc2c(Oc3ccc(-c4cnc(Cc5ccccc5)n(C)c4=O)cc3F)ccnc12. The third kappa shape index (κ3) is 6.88. The minimum absolute atomic E-state index is 0.0185. The standard InChI is InChI=1S/C36H38FN5O4/c1-40-17-19-42(20-18-40)16-7-21-45-32-13-11-27-30(14-15-38-34(27)35(32)44-3)46-31-12-10-26(23-29(31)37)28-24-39-33(41(2)36(28)43)22-25-8-5-4-6-9-25/h4-6,8-15,23-24H,7,16-22H2,1-3H3. The van der Waals surface area contributed by atoms with Gasteiger partial charge >= 0.3 is 0 Å². The van der Waals surface area contributed by atoms with E-state index in [1.54, 1.807) is 32.5 Å². The second-order valence-electron chi connectivity index (χ2n) is 11.5. The van der Waals surface area contributed by atoms with Crippen molar-refractivity contribution in [1.29, 1.82) is 0 Å². The number of pyridine rings is 1. The summed E-state index contributed by atoms with van der Waals surface area (Å²) in [7, 11) is 5.41. The lowest BCUT2D eigenvalue weighted by atomic mass is 10.1. The van der Waals surface area contributed by atoms with Crippen LogP contribution in [0.1, 0.15) is 17.8 Å². The topological polar surface area (TPSA) is 82.0 Å². The fourth-order valence-corrected chi connectivity index (χ4v) is 5.68. The Kier molecular flexibility index (Phi) is 9.56. The highest BCUT2D eigenvalue weighted by atomic mass is 19.1. The number of hydrogen-bond acceptors (Lipinski definition) is 8. The summed E-state index contributed by atoms with van der Waals surface area (Å²) in [4.78, 5) is 27.0. The number of methoxy groups -OCH3 is 1. The van der Waals surface area contributed by atoms with Crippen molar-refractivity contribution in [3.05, 3.63) is 107 Å². The van der Waals surface area contributed by atoms with Crippen LogP contribution in [-0.4, -0.2) is 77.8 Å². The maximum atomic E-state index is 15.4. The fourth-order valence-electron chi connectivity index (χ4n) is 5.68. The van der Waals surface area contributed by atoms with Crippen LogP contribution < -0.4 is 19.8 Å². The van der Waals surface area contributed by atoms with E-state index in [1.165, 1.54) is 22.9 Å². The predicted octanol–water partition coefficient (Wildman–Crippen LogP) is 5.54. The average molecular weight is 624 g/mol. The predicted molar refractivity (Wildman–Crippen MR) is 177 cm³/mol. The van der Waals surface area contributed by atoms with Crippen LogP contribution in [0.15, 0.2) is 83.9 Å². The van der Waals surface area contributed by atoms with Gasteiger partial charge in [0.1, 0.15) is 17.1 Å². The first kappa shape index (κ1) is 31.2. The van der Waals surface area contributed by atoms with Gasteiger partial charge in [-0.15, -0.1) is 0 Å². The van der Waals surface area contributed by atoms with E-state index in [2.05, 4.69) is 26.8 Å². The molecule has 0 bridgehead atoms. The Morgan fingerprint density at radius 2 is 1.67 bits per heavy atom. The minimum Gasteiger partial charge on any atom is -0.491 e. The molecular weight excluding hydrogens is 585 g/mol. The van der Waals surface area contributed by atoms with E-state index < -0.39 is 5.82 Å². The van der Waals surface area contributed by atoms with Gasteiger partial charge in [-0.3, -0.25) is 14.3 Å². The smallest absolute Gasteiger partial charge is 0.261 e. The molecule has 0 amide bonds. The normalized spacial score (nSPS) is 14.0. The molecule has 1 saturated heterocycles. The van der Waals surface area contributed by atoms with Crippen molar-refractivity contribution in [2.75, 3.05) is 53.5 Å². The van der Waals surface area contributed by atoms with Crippen LogP contribution in [-0.2, 0) is 13.5 Å². The van der Waals surface area contributed by atoms with Crippen molar-refractivity contribution in [3.8, 4) is 34.1 Å². The molecule has 10 heteroatoms. The van der Waals surface area contributed by atoms with Crippen LogP contribution in [0.3, 0.4) is 0 Å². The molecular formula is C36H38FN5O4. The first-order valence-corrected chi connectivity index (χ1v) is 15.5. The summed E-state index contributed by atoms with van der Waals surface area (Å²) in [5.74, 6) is 1.55. The molecule has 9 nitrogen and oxygen atoms in total. The van der Waals surface area contributed by atoms with E-state index in [1.807, 2.05) is 42.5 Å². The number of halogens is 1. The van der Waals surface area contributed by atoms with E-state index in [0.29, 0.717) is 58.1 Å². The van der Waals surface area contributed by atoms with Crippen LogP contribution in [0.2, 0.25) is 0 Å². The summed E-state index contributed by atoms with van der Waals surface area (Å²) < 4.78 is 34.8. The molecule has 6 rings (SSSR count). The van der Waals surface area contributed by atoms with Crippen molar-refractivity contribution < 1.29 is 18.6 Å². The van der Waals surface area contributed by atoms with Crippen molar-refractivity contribution in [2.45, 2.75) is 12.8 Å². The third-order valence-electron chi connectivity index (χ3n) is 8.40. The van der Waals surface area contributed by atoms with Crippen LogP contribution in [0.5, 0.6) is 23.0 Å². The Labute approximate surface area is 267 Å². The number of rotatable bonds is 11. The Balaban J connectivity index is 1.16. The number of ether oxygens (including phenoxy) is 3. The number of aromatic nitrogens is 3. The molecule has 0 spiro atoms. The molecule has 1 fully saturated rings. The maximum absolute atomic E-state index is 15.4. The van der Waals surface area contributed by atoms with Crippen molar-refractivity contribution in [1.82, 2.24) is 24.3 Å². The molecule has 3 aromatic carbocycles. The van der Waals surface area contributed by atoms with E-state index in [0.717, 1.165) is 44.7 Å². The zero-order valence-corrected chi connectivity index (χ0v) is 26.4. The first-order valence-electron chi connectivity index (χ1n) is 15.5. The quantitative estimate of drug-likeness (QED) is 0.178. The highest BCUT2D eigenvalue weighted by molar-refractivity contribution is 5.92. The molecule has 0 atom stereocenters. The lowest BCUT2D eigenvalue weighted by molar-refractivity contribution is 0.145. The molecule has 238 valence electrons. The van der Waals surface area contributed by atoms with Gasteiger partial charge in [0, 0.05) is 64.0 Å². The molecule has 46 heavy (non-hydrogen) atoms. The van der Waals surface area contributed by atoms with Gasteiger partial charge in [0.25, 0.3) is 5.56 Å². The van der Waals surface area contributed by atoms with Gasteiger partial charge in [-0.2, -0.15) is 0 Å². The van der Waals surface area contributed by atoms with Gasteiger partial charge in [-0.05, 0) is 54.9 Å². The van der Waals surface area contributed by atoms with Crippen LogP contribution in [0, 0.1) is 5.82 Å². The summed E-state index contributed by atoms with van der Waals surface area (Å²) in [6, 6.07) is 19.6. The number of fused-ring (bicyclic) bond motifs is 1. The van der Waals surface area contributed by atoms with E-state index in [9.17, 15) is 4.79 Å². The summed E-state index contributed by atoms with van der Waals surface area (Å²) in [6.45, 7) is 5.85. The molecule has 0 saturated carbocycles. The monoisotopic (exact) mass is 623 g/mol. The van der Waals surface area contributed by atoms with E-state index in [-0.39, 0.29) is 11.3 Å². The van der Waals surface area contributed by atoms with Gasteiger partial charge in [-0.25, -0.2) is 9.37 Å². The second kappa shape index (κ2) is 14.1. The lowest BCUT2D eigenvalue weighted by Gasteiger charge is -2.32. The summed E-state index contributed by atoms with van der Waals surface area (Å²) >= 11 is 0. The lowest BCUT2D eigenvalue weighted by Crippen LogP contribution is -2.44. The van der Waals surface area contributed by atoms with Crippen molar-refractivity contribution >= 4 is 10.9 Å². The highest BCUT2D eigenvalue weighted by Crippen LogP contribution is 2.39. The van der Waals surface area contributed by atoms with Gasteiger partial charge in [0.05, 0.1) is 19.3 Å². The summed E-state index contributed by atoms with van der Waals surface area (Å²) in [5, 5.41) is 0.652. The molecule has 3 heterocycles. The van der Waals surface area contributed by atoms with Gasteiger partial charge in [0.15, 0.2) is 23.1 Å². The molecule has 5 aromatic rings. The van der Waals surface area contributed by atoms with Crippen molar-refractivity contribution in [2.24, 2.45) is 7.05 Å². The number of benzene rings is 3. The zero-order valence-electron chi connectivity index (χ0n) is 26.4. The fraction of sp³-hybridized carbons (Fsp3) is 0.306. The minimum atomic E-state index is -0.606. The largest absolute Gasteiger partial charge is 0.491 e. The Bertz CT molecular complexity index is 1870. The van der Waals surface area contributed by atoms with E-state index in [4.69, 9.17) is 14.2 Å². The second-order valence-corrected chi connectivity index (χ2v) is 11.5. The molecule has 0 N–H and O–H groups in total. The molecule has 0 radical (unpaired) electrons. The Morgan fingerprint density at radius 3 is 2.43 bits per heavy atom. The highest BCUT2D eigenvalue weighted by Gasteiger charge is 2.18. The summed E-state index contributed by atoms with van der Waals surface area (Å²) in [5.41, 5.74) is 2.07. The Hall–Kier alpha value is -4.80. The zero-order chi connectivity index (χ0) is 32.0. The summed E-state index contributed by atoms with van der Waals surface area (Å²) in [6.07, 6.45) is 4.51. The van der Waals surface area contributed by atoms with Gasteiger partial charge in [-0.1, -0.05) is 36.4 Å². The number of nitrogens with zero attached hydrogens (tertiary/aromatic N) is 5. The first-order chi connectivity index (χ1) is 22.4. The Morgan fingerprint density at radius 1 is 0.891 bits per heavy atom.